The predicted octanol–water partition coefficient (Wildman–Crippen LogP) is 4.69. The van der Waals surface area contributed by atoms with Crippen LogP contribution in [0.3, 0.4) is 0 Å². The second kappa shape index (κ2) is 11.6. The van der Waals surface area contributed by atoms with Gasteiger partial charge in [-0.3, -0.25) is 4.79 Å². The molecule has 0 saturated heterocycles. The van der Waals surface area contributed by atoms with Crippen LogP contribution in [0.15, 0.2) is 30.3 Å². The number of fused-ring (bicyclic) bond motifs is 1. The maximum absolute atomic E-state index is 13.4. The number of benzene rings is 1. The zero-order valence-electron chi connectivity index (χ0n) is 23.4. The number of nitrogens with one attached hydrogen (secondary N) is 3. The summed E-state index contributed by atoms with van der Waals surface area (Å²) in [6.45, 7) is 11.1. The average Bonchev–Trinajstić information content (AvgIpc) is 2.81. The maximum Gasteiger partial charge on any atom is 0.217 e. The number of ether oxygens (including phenoxy) is 1. The van der Waals surface area contributed by atoms with Crippen LogP contribution in [0.4, 0.5) is 10.2 Å². The molecule has 3 atom stereocenters. The smallest absolute Gasteiger partial charge is 0.217 e. The Balaban J connectivity index is 1.57. The Morgan fingerprint density at radius 1 is 1.26 bits per heavy atom. The highest BCUT2D eigenvalue weighted by molar-refractivity contribution is 5.73. The Bertz CT molecular complexity index is 1110. The molecular formula is C30H43FN4O3. The van der Waals surface area contributed by atoms with Crippen molar-refractivity contribution in [3.63, 3.8) is 0 Å². The van der Waals surface area contributed by atoms with Crippen molar-refractivity contribution in [2.75, 3.05) is 18.4 Å². The Kier molecular flexibility index (Phi) is 8.62. The van der Waals surface area contributed by atoms with Crippen LogP contribution in [0.5, 0.6) is 5.75 Å². The lowest BCUT2D eigenvalue weighted by molar-refractivity contribution is -0.120. The molecule has 7 nitrogen and oxygen atoms in total. The molecular weight excluding hydrogens is 483 g/mol. The number of amides is 1. The first-order chi connectivity index (χ1) is 18.0. The van der Waals surface area contributed by atoms with Crippen molar-refractivity contribution in [2.24, 2.45) is 5.41 Å². The highest BCUT2D eigenvalue weighted by Gasteiger charge is 2.47. The van der Waals surface area contributed by atoms with Gasteiger partial charge in [-0.2, -0.15) is 0 Å². The van der Waals surface area contributed by atoms with E-state index in [0.717, 1.165) is 67.0 Å². The molecule has 2 aromatic rings. The molecule has 0 unspecified atom stereocenters. The molecule has 1 aliphatic heterocycles. The van der Waals surface area contributed by atoms with Gasteiger partial charge >= 0.3 is 0 Å². The molecule has 208 valence electrons. The van der Waals surface area contributed by atoms with Crippen LogP contribution in [0.1, 0.15) is 83.2 Å². The van der Waals surface area contributed by atoms with Crippen molar-refractivity contribution in [1.82, 2.24) is 15.6 Å². The lowest BCUT2D eigenvalue weighted by Gasteiger charge is -2.48. The number of nitrogens with zero attached hydrogens (tertiary/aromatic N) is 1. The van der Waals surface area contributed by atoms with Gasteiger partial charge in [0, 0.05) is 43.7 Å². The summed E-state index contributed by atoms with van der Waals surface area (Å²) >= 11 is 0. The third kappa shape index (κ3) is 7.03. The number of aromatic nitrogens is 1. The molecule has 1 saturated carbocycles. The monoisotopic (exact) mass is 526 g/mol. The summed E-state index contributed by atoms with van der Waals surface area (Å²) in [5, 5.41) is 21.1. The van der Waals surface area contributed by atoms with Gasteiger partial charge in [-0.05, 0) is 68.2 Å². The first-order valence-electron chi connectivity index (χ1n) is 13.9. The lowest BCUT2D eigenvalue weighted by Crippen LogP contribution is -2.52. The van der Waals surface area contributed by atoms with Gasteiger partial charge in [-0.25, -0.2) is 9.37 Å². The van der Waals surface area contributed by atoms with Gasteiger partial charge < -0.3 is 25.8 Å². The number of hydrogen-bond acceptors (Lipinski definition) is 6. The zero-order chi connectivity index (χ0) is 27.5. The molecule has 4 rings (SSSR count). The number of halogens is 1. The fraction of sp³-hybridized carbons (Fsp3) is 0.600. The van der Waals surface area contributed by atoms with Crippen LogP contribution in [0, 0.1) is 11.2 Å². The fourth-order valence-electron chi connectivity index (χ4n) is 5.52. The number of carbonyl (C=O) groups is 1. The minimum atomic E-state index is -0.836. The molecule has 0 bridgehead atoms. The van der Waals surface area contributed by atoms with Crippen LogP contribution in [0.25, 0.3) is 0 Å². The number of aliphatic hydroxyl groups is 1. The number of rotatable bonds is 10. The quantitative estimate of drug-likeness (QED) is 0.359. The van der Waals surface area contributed by atoms with E-state index in [0.29, 0.717) is 13.0 Å². The Hall–Kier alpha value is -2.71. The first kappa shape index (κ1) is 28.3. The summed E-state index contributed by atoms with van der Waals surface area (Å²) in [7, 11) is 0. The number of carbonyl (C=O) groups excluding carboxylic acids is 1. The van der Waals surface area contributed by atoms with E-state index in [4.69, 9.17) is 9.72 Å². The van der Waals surface area contributed by atoms with Crippen LogP contribution in [0.2, 0.25) is 0 Å². The van der Waals surface area contributed by atoms with E-state index in [9.17, 15) is 14.3 Å². The molecule has 1 aromatic carbocycles. The molecule has 2 aliphatic rings. The minimum Gasteiger partial charge on any atom is -0.483 e. The summed E-state index contributed by atoms with van der Waals surface area (Å²) in [5.41, 5.74) is 2.80. The molecule has 1 aliphatic carbocycles. The average molecular weight is 527 g/mol. The van der Waals surface area contributed by atoms with Gasteiger partial charge in [0.05, 0.1) is 12.1 Å². The second-order valence-corrected chi connectivity index (χ2v) is 12.2. The third-order valence-corrected chi connectivity index (χ3v) is 7.44. The lowest BCUT2D eigenvalue weighted by atomic mass is 9.72. The van der Waals surface area contributed by atoms with Crippen molar-refractivity contribution in [3.05, 3.63) is 53.0 Å². The van der Waals surface area contributed by atoms with E-state index in [2.05, 4.69) is 49.7 Å². The Morgan fingerprint density at radius 3 is 2.55 bits per heavy atom. The van der Waals surface area contributed by atoms with Crippen molar-refractivity contribution < 1.29 is 19.0 Å². The zero-order valence-corrected chi connectivity index (χ0v) is 23.4. The highest BCUT2D eigenvalue weighted by Crippen LogP contribution is 2.51. The van der Waals surface area contributed by atoms with Crippen LogP contribution < -0.4 is 20.7 Å². The molecule has 2 heterocycles. The number of anilines is 1. The molecule has 1 aromatic heterocycles. The van der Waals surface area contributed by atoms with Gasteiger partial charge in [-0.15, -0.1) is 0 Å². The van der Waals surface area contributed by atoms with Crippen molar-refractivity contribution >= 4 is 11.7 Å². The largest absolute Gasteiger partial charge is 0.483 e. The van der Waals surface area contributed by atoms with Gasteiger partial charge in [0.1, 0.15) is 11.4 Å². The molecule has 1 fully saturated rings. The standard InChI is InChI=1S/C30H43FN4O3/c1-6-32-28-27-23(15-22(35-28)16-29(3,4)5)25(17-30(38-27)12-7-13-30)33-18-26(37)24(34-19(2)36)14-20-8-10-21(31)11-9-20/h8-11,15,24-26,33,37H,6-7,12-14,16-18H2,1-5H3,(H,32,35)(H,34,36)/t24-,25-,26+/m0/s1. The van der Waals surface area contributed by atoms with Gasteiger partial charge in [0.15, 0.2) is 11.6 Å². The number of aliphatic hydroxyl groups excluding tert-OH is 1. The summed E-state index contributed by atoms with van der Waals surface area (Å²) in [4.78, 5) is 16.9. The Labute approximate surface area is 226 Å². The van der Waals surface area contributed by atoms with Crippen LogP contribution >= 0.6 is 0 Å². The van der Waals surface area contributed by atoms with Crippen molar-refractivity contribution in [3.8, 4) is 5.75 Å². The number of pyridine rings is 1. The number of hydrogen-bond donors (Lipinski definition) is 4. The van der Waals surface area contributed by atoms with Crippen molar-refractivity contribution in [1.29, 1.82) is 0 Å². The summed E-state index contributed by atoms with van der Waals surface area (Å²) < 4.78 is 20.0. The van der Waals surface area contributed by atoms with E-state index < -0.39 is 12.1 Å². The Morgan fingerprint density at radius 2 is 1.97 bits per heavy atom. The fourth-order valence-corrected chi connectivity index (χ4v) is 5.52. The highest BCUT2D eigenvalue weighted by atomic mass is 19.1. The van der Waals surface area contributed by atoms with E-state index in [1.807, 2.05) is 0 Å². The topological polar surface area (TPSA) is 95.5 Å². The predicted molar refractivity (Wildman–Crippen MR) is 148 cm³/mol. The molecule has 8 heteroatoms. The second-order valence-electron chi connectivity index (χ2n) is 12.2. The van der Waals surface area contributed by atoms with Gasteiger partial charge in [-0.1, -0.05) is 32.9 Å². The first-order valence-corrected chi connectivity index (χ1v) is 13.9. The minimum absolute atomic E-state index is 0.0170. The summed E-state index contributed by atoms with van der Waals surface area (Å²) in [5.74, 6) is 1.07. The van der Waals surface area contributed by atoms with E-state index in [-0.39, 0.29) is 28.8 Å². The third-order valence-electron chi connectivity index (χ3n) is 7.44. The van der Waals surface area contributed by atoms with E-state index in [1.165, 1.54) is 19.1 Å². The SMILES string of the molecule is CCNc1nc(CC(C)(C)C)cc2c1OC1(CCC1)C[C@@H]2NC[C@@H](O)[C@H](Cc1ccc(F)cc1)NC(C)=O. The molecule has 4 N–H and O–H groups in total. The molecule has 1 spiro atoms. The molecule has 1 amide bonds. The van der Waals surface area contributed by atoms with Crippen LogP contribution in [-0.4, -0.2) is 46.8 Å². The molecule has 0 radical (unpaired) electrons. The summed E-state index contributed by atoms with van der Waals surface area (Å²) in [6, 6.07) is 7.79. The van der Waals surface area contributed by atoms with Crippen LogP contribution in [-0.2, 0) is 17.6 Å². The summed E-state index contributed by atoms with van der Waals surface area (Å²) in [6.07, 6.45) is 4.36. The van der Waals surface area contributed by atoms with Gasteiger partial charge in [0.25, 0.3) is 0 Å². The normalized spacial score (nSPS) is 19.6. The van der Waals surface area contributed by atoms with Gasteiger partial charge in [0.2, 0.25) is 5.91 Å². The van der Waals surface area contributed by atoms with E-state index in [1.54, 1.807) is 12.1 Å². The van der Waals surface area contributed by atoms with E-state index >= 15 is 0 Å². The van der Waals surface area contributed by atoms with Crippen molar-refractivity contribution in [2.45, 2.75) is 96.9 Å². The molecule has 38 heavy (non-hydrogen) atoms. The maximum atomic E-state index is 13.4.